The summed E-state index contributed by atoms with van der Waals surface area (Å²) in [6.07, 6.45) is -1.15. The molecular weight excluding hydrogens is 388 g/mol. The normalized spacial score (nSPS) is 11.9. The van der Waals surface area contributed by atoms with E-state index in [4.69, 9.17) is 9.47 Å². The van der Waals surface area contributed by atoms with Crippen LogP contribution in [0, 0.1) is 13.8 Å². The second-order valence-electron chi connectivity index (χ2n) is 6.34. The van der Waals surface area contributed by atoms with E-state index in [-0.39, 0.29) is 28.5 Å². The van der Waals surface area contributed by atoms with E-state index < -0.39 is 24.5 Å². The van der Waals surface area contributed by atoms with Crippen LogP contribution in [0.4, 0.5) is 8.78 Å². The molecule has 1 N–H and O–H groups in total. The van der Waals surface area contributed by atoms with E-state index in [1.54, 1.807) is 13.8 Å². The first-order valence-corrected chi connectivity index (χ1v) is 8.64. The van der Waals surface area contributed by atoms with Crippen molar-refractivity contribution in [2.45, 2.75) is 40.4 Å². The fourth-order valence-electron chi connectivity index (χ4n) is 3.00. The number of nitrogens with one attached hydrogen (secondary N) is 1. The van der Waals surface area contributed by atoms with Gasteiger partial charge in [0.1, 0.15) is 0 Å². The Hall–Kier alpha value is -3.23. The number of esters is 1. The second kappa shape index (κ2) is 8.85. The van der Waals surface area contributed by atoms with Crippen LogP contribution in [0.2, 0.25) is 0 Å². The molecule has 0 radical (unpaired) electrons. The predicted octanol–water partition coefficient (Wildman–Crippen LogP) is 3.87. The molecule has 156 valence electrons. The average molecular weight is 409 g/mol. The molecule has 1 atom stereocenters. The lowest BCUT2D eigenvalue weighted by atomic mass is 10.0. The number of ketones is 2. The number of alkyl halides is 2. The first kappa shape index (κ1) is 22.1. The molecule has 2 aromatic rings. The fourth-order valence-corrected chi connectivity index (χ4v) is 3.00. The molecule has 1 aromatic carbocycles. The number of halogens is 2. The summed E-state index contributed by atoms with van der Waals surface area (Å²) in [5.41, 5.74) is 1.64. The van der Waals surface area contributed by atoms with Gasteiger partial charge in [-0.15, -0.1) is 0 Å². The molecule has 1 heterocycles. The molecule has 0 aliphatic carbocycles. The summed E-state index contributed by atoms with van der Waals surface area (Å²) < 4.78 is 39.2. The number of Topliss-reactive ketones (excluding diaryl/α,β-unsaturated/α-hetero) is 2. The van der Waals surface area contributed by atoms with Crippen molar-refractivity contribution in [1.29, 1.82) is 0 Å². The van der Waals surface area contributed by atoms with E-state index in [1.165, 1.54) is 33.1 Å². The monoisotopic (exact) mass is 409 g/mol. The minimum Gasteiger partial charge on any atom is -0.493 e. The zero-order chi connectivity index (χ0) is 21.9. The molecule has 0 unspecified atom stereocenters. The molecule has 0 saturated carbocycles. The van der Waals surface area contributed by atoms with E-state index in [9.17, 15) is 23.2 Å². The Morgan fingerprint density at radius 3 is 2.28 bits per heavy atom. The van der Waals surface area contributed by atoms with Gasteiger partial charge in [0.05, 0.1) is 18.4 Å². The van der Waals surface area contributed by atoms with Crippen LogP contribution in [-0.4, -0.2) is 42.3 Å². The van der Waals surface area contributed by atoms with Gasteiger partial charge in [0.2, 0.25) is 5.78 Å². The lowest BCUT2D eigenvalue weighted by Gasteiger charge is -2.14. The highest BCUT2D eigenvalue weighted by molar-refractivity contribution is 6.05. The van der Waals surface area contributed by atoms with Crippen molar-refractivity contribution in [2.24, 2.45) is 0 Å². The van der Waals surface area contributed by atoms with Crippen LogP contribution >= 0.6 is 0 Å². The quantitative estimate of drug-likeness (QED) is 0.525. The number of methoxy groups -OCH3 is 1. The summed E-state index contributed by atoms with van der Waals surface area (Å²) in [6, 6.07) is 3.54. The second-order valence-corrected chi connectivity index (χ2v) is 6.34. The molecule has 0 fully saturated rings. The number of benzene rings is 1. The Morgan fingerprint density at radius 2 is 1.76 bits per heavy atom. The number of carbonyl (C=O) groups is 3. The number of hydrogen-bond donors (Lipinski definition) is 1. The zero-order valence-corrected chi connectivity index (χ0v) is 16.6. The van der Waals surface area contributed by atoms with Crippen molar-refractivity contribution < 1.29 is 37.4 Å². The number of aromatic amines is 1. The van der Waals surface area contributed by atoms with E-state index in [1.807, 2.05) is 0 Å². The van der Waals surface area contributed by atoms with Gasteiger partial charge in [-0.25, -0.2) is 4.79 Å². The van der Waals surface area contributed by atoms with Gasteiger partial charge >= 0.3 is 12.6 Å². The van der Waals surface area contributed by atoms with Crippen molar-refractivity contribution in [1.82, 2.24) is 4.98 Å². The Kier molecular flexibility index (Phi) is 6.73. The van der Waals surface area contributed by atoms with Crippen LogP contribution in [0.25, 0.3) is 0 Å². The van der Waals surface area contributed by atoms with Crippen molar-refractivity contribution >= 4 is 17.5 Å². The molecule has 0 saturated heterocycles. The first-order valence-electron chi connectivity index (χ1n) is 8.64. The van der Waals surface area contributed by atoms with Gasteiger partial charge in [-0.05, 0) is 51.5 Å². The number of H-pyrrole nitrogens is 1. The van der Waals surface area contributed by atoms with Gasteiger partial charge in [0, 0.05) is 11.3 Å². The lowest BCUT2D eigenvalue weighted by molar-refractivity contribution is -0.0512. The Labute approximate surface area is 166 Å². The van der Waals surface area contributed by atoms with Gasteiger partial charge in [-0.2, -0.15) is 8.78 Å². The first-order chi connectivity index (χ1) is 13.6. The number of rotatable bonds is 8. The Bertz CT molecular complexity index is 951. The highest BCUT2D eigenvalue weighted by Crippen LogP contribution is 2.30. The summed E-state index contributed by atoms with van der Waals surface area (Å²) in [4.78, 5) is 39.6. The van der Waals surface area contributed by atoms with E-state index in [2.05, 4.69) is 9.72 Å². The number of aromatic nitrogens is 1. The summed E-state index contributed by atoms with van der Waals surface area (Å²) in [7, 11) is 1.23. The van der Waals surface area contributed by atoms with Crippen LogP contribution in [0.15, 0.2) is 18.2 Å². The smallest absolute Gasteiger partial charge is 0.387 e. The highest BCUT2D eigenvalue weighted by Gasteiger charge is 2.26. The molecule has 0 spiro atoms. The van der Waals surface area contributed by atoms with Crippen LogP contribution in [0.5, 0.6) is 11.5 Å². The third-order valence-corrected chi connectivity index (χ3v) is 4.30. The predicted molar refractivity (Wildman–Crippen MR) is 99.1 cm³/mol. The third-order valence-electron chi connectivity index (χ3n) is 4.30. The van der Waals surface area contributed by atoms with Crippen molar-refractivity contribution in [3.05, 3.63) is 46.3 Å². The van der Waals surface area contributed by atoms with Crippen LogP contribution < -0.4 is 9.47 Å². The van der Waals surface area contributed by atoms with Gasteiger partial charge < -0.3 is 19.2 Å². The van der Waals surface area contributed by atoms with Gasteiger partial charge in [-0.1, -0.05) is 0 Å². The van der Waals surface area contributed by atoms with Gasteiger partial charge in [0.15, 0.2) is 23.4 Å². The summed E-state index contributed by atoms with van der Waals surface area (Å²) in [5.74, 6) is -1.85. The van der Waals surface area contributed by atoms with E-state index in [0.717, 1.165) is 6.07 Å². The molecular formula is C20H21F2NO6. The van der Waals surface area contributed by atoms with E-state index >= 15 is 0 Å². The fraction of sp³-hybridized carbons (Fsp3) is 0.350. The maximum Gasteiger partial charge on any atom is 0.387 e. The molecule has 0 aliphatic rings. The lowest BCUT2D eigenvalue weighted by Crippen LogP contribution is -2.25. The molecule has 0 aliphatic heterocycles. The maximum atomic E-state index is 12.7. The van der Waals surface area contributed by atoms with Crippen LogP contribution in [0.1, 0.15) is 56.3 Å². The van der Waals surface area contributed by atoms with Crippen LogP contribution in [0.3, 0.4) is 0 Å². The minimum absolute atomic E-state index is 0.00747. The molecule has 7 nitrogen and oxygen atoms in total. The number of carbonyl (C=O) groups excluding carboxylic acids is 3. The number of hydrogen-bond acceptors (Lipinski definition) is 6. The molecule has 0 bridgehead atoms. The molecule has 9 heteroatoms. The average Bonchev–Trinajstić information content (AvgIpc) is 2.94. The molecule has 1 aromatic heterocycles. The Balaban J connectivity index is 2.19. The van der Waals surface area contributed by atoms with Crippen molar-refractivity contribution in [3.63, 3.8) is 0 Å². The summed E-state index contributed by atoms with van der Waals surface area (Å²) >= 11 is 0. The zero-order valence-electron chi connectivity index (χ0n) is 16.6. The largest absolute Gasteiger partial charge is 0.493 e. The number of ether oxygens (including phenoxy) is 3. The highest BCUT2D eigenvalue weighted by atomic mass is 19.3. The minimum atomic E-state index is -3.05. The van der Waals surface area contributed by atoms with Crippen molar-refractivity contribution in [3.8, 4) is 11.5 Å². The summed E-state index contributed by atoms with van der Waals surface area (Å²) in [5, 5.41) is 0. The standard InChI is InChI=1S/C20H21F2NO6/c1-9-16(11(3)24)10(2)23-17(9)18(25)12(4)28-19(26)13-6-7-14(29-20(21)22)15(8-13)27-5/h6-8,12,20,23H,1-5H3/t12-/m0/s1. The molecule has 29 heavy (non-hydrogen) atoms. The molecule has 0 amide bonds. The number of aryl methyl sites for hydroxylation is 1. The maximum absolute atomic E-state index is 12.7. The summed E-state index contributed by atoms with van der Waals surface area (Å²) in [6.45, 7) is 3.05. The Morgan fingerprint density at radius 1 is 1.10 bits per heavy atom. The SMILES string of the molecule is COc1cc(C(=O)O[C@@H](C)C(=O)c2[nH]c(C)c(C(C)=O)c2C)ccc1OC(F)F. The topological polar surface area (TPSA) is 94.7 Å². The van der Waals surface area contributed by atoms with Gasteiger partial charge in [0.25, 0.3) is 0 Å². The van der Waals surface area contributed by atoms with Gasteiger partial charge in [-0.3, -0.25) is 9.59 Å². The van der Waals surface area contributed by atoms with Crippen LogP contribution in [-0.2, 0) is 4.74 Å². The van der Waals surface area contributed by atoms with E-state index in [0.29, 0.717) is 16.8 Å². The molecule has 2 rings (SSSR count). The van der Waals surface area contributed by atoms with Crippen molar-refractivity contribution in [2.75, 3.05) is 7.11 Å². The third kappa shape index (κ3) is 4.79.